The number of carbonyl (C=O) groups excluding carboxylic acids is 3. The molecule has 0 aliphatic carbocycles. The fraction of sp³-hybridized carbons (Fsp3) is 0.591. The highest BCUT2D eigenvalue weighted by Crippen LogP contribution is 2.44. The number of benzene rings is 1. The van der Waals surface area contributed by atoms with E-state index in [0.29, 0.717) is 27.8 Å². The smallest absolute Gasteiger partial charge is 0.262 e. The van der Waals surface area contributed by atoms with Crippen LogP contribution >= 0.6 is 0 Å². The topological polar surface area (TPSA) is 75.7 Å². The van der Waals surface area contributed by atoms with Crippen LogP contribution in [0.1, 0.15) is 69.2 Å². The number of β-lactam (4-membered cyclic amide) rings is 1. The number of hydrogen-bond donors (Lipinski definition) is 1. The first-order valence-electron chi connectivity index (χ1n) is 10.5. The summed E-state index contributed by atoms with van der Waals surface area (Å²) in [5.74, 6) is -1.10. The van der Waals surface area contributed by atoms with E-state index in [2.05, 4.69) is 46.9 Å². The maximum Gasteiger partial charge on any atom is 0.262 e. The van der Waals surface area contributed by atoms with Gasteiger partial charge >= 0.3 is 0 Å². The van der Waals surface area contributed by atoms with Crippen molar-refractivity contribution in [3.8, 4) is 0 Å². The molecule has 2 aliphatic rings. The van der Waals surface area contributed by atoms with Crippen molar-refractivity contribution in [2.75, 3.05) is 0 Å². The number of carbonyl (C=O) groups is 3. The summed E-state index contributed by atoms with van der Waals surface area (Å²) in [6.45, 7) is 15.2. The summed E-state index contributed by atoms with van der Waals surface area (Å²) in [6, 6.07) is 5.50. The minimum absolute atomic E-state index is 0.291. The molecule has 1 aromatic carbocycles. The van der Waals surface area contributed by atoms with Gasteiger partial charge in [0.05, 0.1) is 23.3 Å². The molecule has 1 saturated heterocycles. The molecule has 0 bridgehead atoms. The fourth-order valence-corrected chi connectivity index (χ4v) is 10.9. The van der Waals surface area contributed by atoms with Gasteiger partial charge in [-0.2, -0.15) is 0 Å². The molecule has 1 fully saturated rings. The Morgan fingerprint density at radius 2 is 1.31 bits per heavy atom. The van der Waals surface area contributed by atoms with Gasteiger partial charge < -0.3 is 9.74 Å². The van der Waals surface area contributed by atoms with Crippen molar-refractivity contribution >= 4 is 26.0 Å². The number of imide groups is 1. The number of nitrogens with zero attached hydrogens (tertiary/aromatic N) is 1. The van der Waals surface area contributed by atoms with Crippen molar-refractivity contribution in [2.45, 2.75) is 83.3 Å². The van der Waals surface area contributed by atoms with E-state index in [1.54, 1.807) is 24.3 Å². The van der Waals surface area contributed by atoms with Crippen molar-refractivity contribution in [1.29, 1.82) is 0 Å². The Hall–Kier alpha value is -1.99. The van der Waals surface area contributed by atoms with Crippen molar-refractivity contribution in [3.63, 3.8) is 0 Å². The average molecular weight is 417 g/mol. The Kier molecular flexibility index (Phi) is 5.75. The molecule has 29 heavy (non-hydrogen) atoms. The zero-order chi connectivity index (χ0) is 21.7. The van der Waals surface area contributed by atoms with Crippen LogP contribution in [0.15, 0.2) is 24.3 Å². The lowest BCUT2D eigenvalue weighted by Crippen LogP contribution is -2.74. The SMILES string of the molecule is CC(C)[Si](O[C@@H](C)[C@H]1NC(=O)[C@@H]1N1C(=O)c2ccccc2C1=O)(C(C)C)C(C)C. The first-order valence-corrected chi connectivity index (χ1v) is 12.6. The molecule has 0 saturated carbocycles. The molecular formula is C22H32N2O4Si. The van der Waals surface area contributed by atoms with Crippen LogP contribution in [0, 0.1) is 0 Å². The van der Waals surface area contributed by atoms with E-state index < -0.39 is 32.2 Å². The van der Waals surface area contributed by atoms with Gasteiger partial charge in [-0.15, -0.1) is 0 Å². The van der Waals surface area contributed by atoms with Crippen LogP contribution in [0.4, 0.5) is 0 Å². The van der Waals surface area contributed by atoms with Crippen LogP contribution in [0.5, 0.6) is 0 Å². The zero-order valence-corrected chi connectivity index (χ0v) is 19.4. The zero-order valence-electron chi connectivity index (χ0n) is 18.4. The van der Waals surface area contributed by atoms with E-state index >= 15 is 0 Å². The number of hydrogen-bond acceptors (Lipinski definition) is 4. The molecule has 1 aromatic rings. The first-order chi connectivity index (χ1) is 13.5. The molecule has 3 atom stereocenters. The van der Waals surface area contributed by atoms with Crippen molar-refractivity contribution in [2.24, 2.45) is 0 Å². The summed E-state index contributed by atoms with van der Waals surface area (Å²) in [4.78, 5) is 39.3. The highest BCUT2D eigenvalue weighted by Gasteiger charge is 2.55. The molecule has 2 heterocycles. The molecule has 1 N–H and O–H groups in total. The molecule has 0 aromatic heterocycles. The standard InChI is InChI=1S/C22H32N2O4Si/c1-12(2)29(13(3)4,14(5)6)28-15(7)18-19(20(25)23-18)24-21(26)16-10-8-9-11-17(16)22(24)27/h8-15,18-19H,1-7H3,(H,23,25)/t15-,18+,19+/m0/s1. The highest BCUT2D eigenvalue weighted by atomic mass is 28.4. The number of rotatable bonds is 7. The van der Waals surface area contributed by atoms with Gasteiger partial charge in [0.25, 0.3) is 11.8 Å². The monoisotopic (exact) mass is 416 g/mol. The largest absolute Gasteiger partial charge is 0.411 e. The molecule has 3 rings (SSSR count). The van der Waals surface area contributed by atoms with E-state index in [0.717, 1.165) is 4.90 Å². The Bertz CT molecular complexity index is 779. The third-order valence-corrected chi connectivity index (χ3v) is 12.8. The van der Waals surface area contributed by atoms with Gasteiger partial charge in [0, 0.05) is 0 Å². The van der Waals surface area contributed by atoms with E-state index in [1.165, 1.54) is 0 Å². The van der Waals surface area contributed by atoms with Gasteiger partial charge in [-0.3, -0.25) is 19.3 Å². The molecule has 158 valence electrons. The molecule has 0 radical (unpaired) electrons. The molecule has 3 amide bonds. The van der Waals surface area contributed by atoms with Gasteiger partial charge in [0.15, 0.2) is 0 Å². The van der Waals surface area contributed by atoms with Crippen molar-refractivity contribution in [1.82, 2.24) is 10.2 Å². The van der Waals surface area contributed by atoms with Gasteiger partial charge in [-0.25, -0.2) is 0 Å². The van der Waals surface area contributed by atoms with Gasteiger partial charge in [-0.05, 0) is 35.7 Å². The summed E-state index contributed by atoms with van der Waals surface area (Å²) < 4.78 is 6.79. The van der Waals surface area contributed by atoms with Crippen molar-refractivity contribution in [3.05, 3.63) is 35.4 Å². The minimum Gasteiger partial charge on any atom is -0.411 e. The Labute approximate surface area is 174 Å². The van der Waals surface area contributed by atoms with E-state index in [-0.39, 0.29) is 12.0 Å². The summed E-state index contributed by atoms with van der Waals surface area (Å²) >= 11 is 0. The van der Waals surface area contributed by atoms with Crippen LogP contribution < -0.4 is 5.32 Å². The summed E-state index contributed by atoms with van der Waals surface area (Å²) in [5.41, 5.74) is 1.93. The lowest BCUT2D eigenvalue weighted by Gasteiger charge is -2.49. The average Bonchev–Trinajstić information content (AvgIpc) is 2.88. The predicted molar refractivity (Wildman–Crippen MR) is 114 cm³/mol. The molecule has 0 spiro atoms. The maximum absolute atomic E-state index is 12.9. The van der Waals surface area contributed by atoms with Crippen molar-refractivity contribution < 1.29 is 18.8 Å². The van der Waals surface area contributed by atoms with E-state index in [9.17, 15) is 14.4 Å². The third kappa shape index (κ3) is 3.24. The second-order valence-electron chi connectivity index (χ2n) is 9.15. The molecule has 0 unspecified atom stereocenters. The maximum atomic E-state index is 12.9. The Morgan fingerprint density at radius 1 is 0.862 bits per heavy atom. The predicted octanol–water partition coefficient (Wildman–Crippen LogP) is 3.73. The number of fused-ring (bicyclic) bond motifs is 1. The summed E-state index contributed by atoms with van der Waals surface area (Å²) in [5, 5.41) is 2.89. The molecule has 7 heteroatoms. The highest BCUT2D eigenvalue weighted by molar-refractivity contribution is 6.77. The second kappa shape index (κ2) is 7.68. The van der Waals surface area contributed by atoms with Crippen LogP contribution in [0.25, 0.3) is 0 Å². The normalized spacial score (nSPS) is 23.0. The molecular weight excluding hydrogens is 384 g/mol. The van der Waals surface area contributed by atoms with Gasteiger partial charge in [0.2, 0.25) is 14.2 Å². The van der Waals surface area contributed by atoms with Crippen LogP contribution in [0.3, 0.4) is 0 Å². The van der Waals surface area contributed by atoms with E-state index in [1.807, 2.05) is 6.92 Å². The summed E-state index contributed by atoms with van der Waals surface area (Å²) in [7, 11) is -2.16. The fourth-order valence-electron chi connectivity index (χ4n) is 5.31. The quantitative estimate of drug-likeness (QED) is 0.417. The van der Waals surface area contributed by atoms with Crippen LogP contribution in [-0.4, -0.2) is 49.1 Å². The lowest BCUT2D eigenvalue weighted by molar-refractivity contribution is -0.138. The Balaban J connectivity index is 1.86. The van der Waals surface area contributed by atoms with Crippen LogP contribution in [0.2, 0.25) is 16.6 Å². The Morgan fingerprint density at radius 3 is 1.69 bits per heavy atom. The second-order valence-corrected chi connectivity index (χ2v) is 14.6. The summed E-state index contributed by atoms with van der Waals surface area (Å²) in [6.07, 6.45) is -0.291. The first kappa shape index (κ1) is 21.7. The third-order valence-electron chi connectivity index (χ3n) is 6.62. The van der Waals surface area contributed by atoms with Crippen LogP contribution in [-0.2, 0) is 9.22 Å². The number of amides is 3. The van der Waals surface area contributed by atoms with Gasteiger partial charge in [-0.1, -0.05) is 53.7 Å². The lowest BCUT2D eigenvalue weighted by atomic mass is 9.93. The van der Waals surface area contributed by atoms with Gasteiger partial charge in [0.1, 0.15) is 6.04 Å². The van der Waals surface area contributed by atoms with E-state index in [4.69, 9.17) is 4.43 Å². The molecule has 6 nitrogen and oxygen atoms in total. The minimum atomic E-state index is -2.16. The number of nitrogens with one attached hydrogen (secondary N) is 1. The molecule has 2 aliphatic heterocycles.